The minimum absolute atomic E-state index is 0.0162. The van der Waals surface area contributed by atoms with Gasteiger partial charge in [-0.2, -0.15) is 5.10 Å². The van der Waals surface area contributed by atoms with E-state index in [0.717, 1.165) is 46.3 Å². The predicted molar refractivity (Wildman–Crippen MR) is 127 cm³/mol. The largest absolute Gasteiger partial charge is 0.378 e. The number of halogens is 1. The number of aromatic nitrogens is 5. The Balaban J connectivity index is 1.51. The van der Waals surface area contributed by atoms with Gasteiger partial charge in [-0.1, -0.05) is 11.6 Å². The summed E-state index contributed by atoms with van der Waals surface area (Å²) in [5.74, 6) is 1.02. The molecule has 9 heteroatoms. The standard InChI is InChI=1S/C24H25ClN6O2/c1-14-7-17(5-6-33-14)31-23-19-9-16(25)3-4-20(19)26-11-21(23)28-24(31)15-8-22(32)30(12-15)18-10-27-29(2)13-18/h3-4,9-11,13-15,17H,5-8,12H2,1-2H3/t14-,15?,17-/m1/s1. The van der Waals surface area contributed by atoms with Crippen molar-refractivity contribution in [2.24, 2.45) is 7.05 Å². The van der Waals surface area contributed by atoms with Gasteiger partial charge in [0, 0.05) is 55.2 Å². The summed E-state index contributed by atoms with van der Waals surface area (Å²) < 4.78 is 9.92. The number of imidazole rings is 1. The molecule has 8 nitrogen and oxygen atoms in total. The van der Waals surface area contributed by atoms with Crippen molar-refractivity contribution in [1.29, 1.82) is 0 Å². The maximum Gasteiger partial charge on any atom is 0.227 e. The molecule has 33 heavy (non-hydrogen) atoms. The Bertz CT molecular complexity index is 1380. The third-order valence-corrected chi connectivity index (χ3v) is 7.06. The second kappa shape index (κ2) is 7.81. The molecule has 0 aliphatic carbocycles. The molecule has 0 spiro atoms. The number of benzene rings is 1. The number of fused-ring (bicyclic) bond motifs is 3. The van der Waals surface area contributed by atoms with E-state index in [2.05, 4.69) is 21.6 Å². The Hall–Kier alpha value is -2.97. The van der Waals surface area contributed by atoms with Crippen molar-refractivity contribution in [3.63, 3.8) is 0 Å². The zero-order chi connectivity index (χ0) is 22.7. The lowest BCUT2D eigenvalue weighted by atomic mass is 10.0. The highest BCUT2D eigenvalue weighted by atomic mass is 35.5. The van der Waals surface area contributed by atoms with Crippen LogP contribution in [0.2, 0.25) is 5.02 Å². The summed E-state index contributed by atoms with van der Waals surface area (Å²) in [5, 5.41) is 5.90. The molecule has 2 saturated heterocycles. The van der Waals surface area contributed by atoms with Gasteiger partial charge in [0.1, 0.15) is 11.3 Å². The van der Waals surface area contributed by atoms with Crippen molar-refractivity contribution in [2.75, 3.05) is 18.1 Å². The molecule has 1 aromatic carbocycles. The van der Waals surface area contributed by atoms with Crippen molar-refractivity contribution in [1.82, 2.24) is 24.3 Å². The molecule has 4 aromatic rings. The zero-order valence-corrected chi connectivity index (χ0v) is 19.4. The molecule has 1 unspecified atom stereocenters. The van der Waals surface area contributed by atoms with Crippen molar-refractivity contribution in [3.05, 3.63) is 47.6 Å². The predicted octanol–water partition coefficient (Wildman–Crippen LogP) is 4.23. The van der Waals surface area contributed by atoms with E-state index in [0.29, 0.717) is 24.6 Å². The molecule has 1 amide bonds. The van der Waals surface area contributed by atoms with Crippen LogP contribution < -0.4 is 4.90 Å². The number of carbonyl (C=O) groups is 1. The molecule has 3 aromatic heterocycles. The van der Waals surface area contributed by atoms with Crippen LogP contribution in [0.5, 0.6) is 0 Å². The minimum atomic E-state index is -0.0162. The zero-order valence-electron chi connectivity index (χ0n) is 18.6. The first-order valence-electron chi connectivity index (χ1n) is 11.3. The molecular formula is C24H25ClN6O2. The Labute approximate surface area is 196 Å². The van der Waals surface area contributed by atoms with Crippen LogP contribution in [0.1, 0.15) is 44.0 Å². The summed E-state index contributed by atoms with van der Waals surface area (Å²) in [7, 11) is 1.86. The van der Waals surface area contributed by atoms with Crippen LogP contribution in [-0.4, -0.2) is 49.5 Å². The average molecular weight is 465 g/mol. The molecule has 0 radical (unpaired) electrons. The molecule has 2 aliphatic heterocycles. The average Bonchev–Trinajstić information content (AvgIpc) is 3.49. The molecule has 5 heterocycles. The van der Waals surface area contributed by atoms with Gasteiger partial charge < -0.3 is 14.2 Å². The minimum Gasteiger partial charge on any atom is -0.378 e. The van der Waals surface area contributed by atoms with Crippen molar-refractivity contribution < 1.29 is 9.53 Å². The first kappa shape index (κ1) is 20.6. The highest BCUT2D eigenvalue weighted by Gasteiger charge is 2.37. The fraction of sp³-hybridized carbons (Fsp3) is 0.417. The maximum absolute atomic E-state index is 13.0. The highest BCUT2D eigenvalue weighted by molar-refractivity contribution is 6.31. The second-order valence-electron chi connectivity index (χ2n) is 9.13. The number of anilines is 1. The molecule has 3 atom stereocenters. The first-order chi connectivity index (χ1) is 16.0. The number of hydrogen-bond donors (Lipinski definition) is 0. The van der Waals surface area contributed by atoms with Crippen LogP contribution in [0.15, 0.2) is 36.8 Å². The summed E-state index contributed by atoms with van der Waals surface area (Å²) in [6, 6.07) is 6.02. The van der Waals surface area contributed by atoms with Gasteiger partial charge in [-0.05, 0) is 38.0 Å². The lowest BCUT2D eigenvalue weighted by Crippen LogP contribution is -2.28. The second-order valence-corrected chi connectivity index (χ2v) is 9.57. The van der Waals surface area contributed by atoms with Crippen LogP contribution in [-0.2, 0) is 16.6 Å². The molecular weight excluding hydrogens is 440 g/mol. The van der Waals surface area contributed by atoms with Crippen LogP contribution in [0, 0.1) is 0 Å². The quantitative estimate of drug-likeness (QED) is 0.453. The number of aryl methyl sites for hydroxylation is 1. The van der Waals surface area contributed by atoms with E-state index < -0.39 is 0 Å². The Morgan fingerprint density at radius 2 is 2.09 bits per heavy atom. The van der Waals surface area contributed by atoms with Crippen LogP contribution in [0.25, 0.3) is 21.9 Å². The van der Waals surface area contributed by atoms with E-state index in [4.69, 9.17) is 21.3 Å². The Morgan fingerprint density at radius 1 is 1.21 bits per heavy atom. The third-order valence-electron chi connectivity index (χ3n) is 6.82. The molecule has 6 rings (SSSR count). The first-order valence-corrected chi connectivity index (χ1v) is 11.7. The topological polar surface area (TPSA) is 78.1 Å². The van der Waals surface area contributed by atoms with E-state index in [1.54, 1.807) is 10.9 Å². The normalized spacial score (nSPS) is 23.8. The summed E-state index contributed by atoms with van der Waals surface area (Å²) in [4.78, 5) is 24.5. The molecule has 170 valence electrons. The van der Waals surface area contributed by atoms with Crippen molar-refractivity contribution in [3.8, 4) is 0 Å². The molecule has 0 saturated carbocycles. The van der Waals surface area contributed by atoms with E-state index >= 15 is 0 Å². The molecule has 0 N–H and O–H groups in total. The van der Waals surface area contributed by atoms with E-state index in [-0.39, 0.29) is 24.0 Å². The third kappa shape index (κ3) is 3.48. The van der Waals surface area contributed by atoms with Gasteiger partial charge in [0.2, 0.25) is 5.91 Å². The van der Waals surface area contributed by atoms with Gasteiger partial charge >= 0.3 is 0 Å². The van der Waals surface area contributed by atoms with Gasteiger partial charge in [-0.25, -0.2) is 4.98 Å². The fourth-order valence-corrected chi connectivity index (χ4v) is 5.48. The van der Waals surface area contributed by atoms with E-state index in [1.807, 2.05) is 42.5 Å². The number of nitrogens with zero attached hydrogens (tertiary/aromatic N) is 6. The van der Waals surface area contributed by atoms with Gasteiger partial charge in [0.25, 0.3) is 0 Å². The van der Waals surface area contributed by atoms with Crippen LogP contribution in [0.3, 0.4) is 0 Å². The SMILES string of the molecule is C[C@@H]1C[C@H](n2c(C3CC(=O)N(c4cnn(C)c4)C3)nc3cnc4ccc(Cl)cc4c32)CCO1. The highest BCUT2D eigenvalue weighted by Crippen LogP contribution is 2.39. The lowest BCUT2D eigenvalue weighted by Gasteiger charge is -2.31. The Kier molecular flexibility index (Phi) is 4.88. The maximum atomic E-state index is 13.0. The monoisotopic (exact) mass is 464 g/mol. The Morgan fingerprint density at radius 3 is 2.88 bits per heavy atom. The smallest absolute Gasteiger partial charge is 0.227 e. The van der Waals surface area contributed by atoms with E-state index in [9.17, 15) is 4.79 Å². The number of carbonyl (C=O) groups excluding carboxylic acids is 1. The molecule has 2 aliphatic rings. The summed E-state index contributed by atoms with van der Waals surface area (Å²) >= 11 is 6.39. The number of ether oxygens (including phenoxy) is 1. The number of hydrogen-bond acceptors (Lipinski definition) is 5. The molecule has 2 fully saturated rings. The summed E-state index contributed by atoms with van der Waals surface area (Å²) in [6.07, 6.45) is 7.84. The van der Waals surface area contributed by atoms with E-state index in [1.165, 1.54) is 0 Å². The summed E-state index contributed by atoms with van der Waals surface area (Å²) in [5.41, 5.74) is 3.60. The van der Waals surface area contributed by atoms with Gasteiger partial charge in [-0.3, -0.25) is 14.5 Å². The van der Waals surface area contributed by atoms with Crippen LogP contribution in [0.4, 0.5) is 5.69 Å². The number of pyridine rings is 1. The van der Waals surface area contributed by atoms with Crippen molar-refractivity contribution in [2.45, 2.75) is 44.2 Å². The number of rotatable bonds is 3. The number of amides is 1. The van der Waals surface area contributed by atoms with Gasteiger partial charge in [-0.15, -0.1) is 0 Å². The van der Waals surface area contributed by atoms with Gasteiger partial charge in [0.05, 0.1) is 35.2 Å². The summed E-state index contributed by atoms with van der Waals surface area (Å²) in [6.45, 7) is 3.41. The van der Waals surface area contributed by atoms with Gasteiger partial charge in [0.15, 0.2) is 0 Å². The van der Waals surface area contributed by atoms with Crippen LogP contribution >= 0.6 is 11.6 Å². The fourth-order valence-electron chi connectivity index (χ4n) is 5.31. The lowest BCUT2D eigenvalue weighted by molar-refractivity contribution is -0.117. The molecule has 0 bridgehead atoms. The van der Waals surface area contributed by atoms with Crippen molar-refractivity contribution >= 4 is 45.1 Å².